The number of amides is 2. The van der Waals surface area contributed by atoms with E-state index >= 15 is 0 Å². The highest BCUT2D eigenvalue weighted by Gasteiger charge is 2.18. The molecule has 1 aromatic heterocycles. The van der Waals surface area contributed by atoms with E-state index in [0.29, 0.717) is 5.69 Å². The topological polar surface area (TPSA) is 120 Å². The molecule has 3 rings (SSSR count). The second-order valence-electron chi connectivity index (χ2n) is 6.85. The standard InChI is InChI=1S/C23H21N3O5/c1-26(17-9-5-8-16(12-17)15-6-3-2-4-7-15)23(31)18-14-24-20(13-19(18)27)25-21(28)10-11-22(29)30/h2-9,12-14H,10-11H2,1H3,(H,29,30)(H2,24,25,27,28). The SMILES string of the molecule is CN(C(=O)c1c[nH]c(NC(=O)CCC(=O)O)cc1=O)c1cccc(-c2ccccc2)c1. The molecule has 8 heteroatoms. The zero-order valence-electron chi connectivity index (χ0n) is 16.8. The predicted octanol–water partition coefficient (Wildman–Crippen LogP) is 3.12. The lowest BCUT2D eigenvalue weighted by Gasteiger charge is -2.18. The van der Waals surface area contributed by atoms with Gasteiger partial charge >= 0.3 is 5.97 Å². The molecule has 0 saturated heterocycles. The summed E-state index contributed by atoms with van der Waals surface area (Å²) in [6.45, 7) is 0. The first-order valence-corrected chi connectivity index (χ1v) is 9.53. The van der Waals surface area contributed by atoms with E-state index in [2.05, 4.69) is 10.3 Å². The average molecular weight is 419 g/mol. The maximum Gasteiger partial charge on any atom is 0.303 e. The zero-order valence-corrected chi connectivity index (χ0v) is 16.8. The molecule has 0 bridgehead atoms. The van der Waals surface area contributed by atoms with E-state index in [0.717, 1.165) is 17.2 Å². The molecule has 158 valence electrons. The van der Waals surface area contributed by atoms with Gasteiger partial charge in [-0.25, -0.2) is 0 Å². The van der Waals surface area contributed by atoms with E-state index in [-0.39, 0.29) is 24.2 Å². The van der Waals surface area contributed by atoms with Gasteiger partial charge in [0, 0.05) is 31.4 Å². The molecular formula is C23H21N3O5. The summed E-state index contributed by atoms with van der Waals surface area (Å²) in [4.78, 5) is 51.6. The molecule has 0 aliphatic carbocycles. The summed E-state index contributed by atoms with van der Waals surface area (Å²) in [6, 6.07) is 18.2. The molecule has 3 N–H and O–H groups in total. The van der Waals surface area contributed by atoms with Crippen LogP contribution in [-0.4, -0.2) is 34.9 Å². The number of aromatic amines is 1. The number of aromatic nitrogens is 1. The highest BCUT2D eigenvalue weighted by atomic mass is 16.4. The number of carbonyl (C=O) groups excluding carboxylic acids is 2. The van der Waals surface area contributed by atoms with Crippen molar-refractivity contribution in [1.82, 2.24) is 4.98 Å². The number of hydrogen-bond donors (Lipinski definition) is 3. The summed E-state index contributed by atoms with van der Waals surface area (Å²) < 4.78 is 0. The minimum atomic E-state index is -1.09. The Hall–Kier alpha value is -4.20. The van der Waals surface area contributed by atoms with Crippen LogP contribution in [0.5, 0.6) is 0 Å². The van der Waals surface area contributed by atoms with E-state index in [1.165, 1.54) is 11.1 Å². The highest BCUT2D eigenvalue weighted by Crippen LogP contribution is 2.24. The molecule has 0 unspecified atom stereocenters. The van der Waals surface area contributed by atoms with Crippen LogP contribution in [0.25, 0.3) is 11.1 Å². The third-order valence-electron chi connectivity index (χ3n) is 4.63. The normalized spacial score (nSPS) is 10.4. The second-order valence-corrected chi connectivity index (χ2v) is 6.85. The largest absolute Gasteiger partial charge is 0.481 e. The minimum absolute atomic E-state index is 0.0869. The van der Waals surface area contributed by atoms with E-state index < -0.39 is 23.2 Å². The summed E-state index contributed by atoms with van der Waals surface area (Å²) >= 11 is 0. The molecule has 3 aromatic rings. The molecule has 0 radical (unpaired) electrons. The molecule has 0 fully saturated rings. The summed E-state index contributed by atoms with van der Waals surface area (Å²) in [5, 5.41) is 11.0. The molecule has 0 saturated carbocycles. The number of nitrogens with one attached hydrogen (secondary N) is 2. The number of carbonyl (C=O) groups is 3. The molecule has 0 aliphatic heterocycles. The number of H-pyrrole nitrogens is 1. The van der Waals surface area contributed by atoms with Crippen molar-refractivity contribution < 1.29 is 19.5 Å². The van der Waals surface area contributed by atoms with Gasteiger partial charge in [0.25, 0.3) is 5.91 Å². The van der Waals surface area contributed by atoms with Gasteiger partial charge in [-0.1, -0.05) is 42.5 Å². The van der Waals surface area contributed by atoms with Gasteiger partial charge in [-0.15, -0.1) is 0 Å². The fourth-order valence-electron chi connectivity index (χ4n) is 2.97. The van der Waals surface area contributed by atoms with Gasteiger partial charge in [-0.2, -0.15) is 0 Å². The van der Waals surface area contributed by atoms with Crippen LogP contribution in [0, 0.1) is 0 Å². The van der Waals surface area contributed by atoms with Gasteiger partial charge < -0.3 is 20.3 Å². The average Bonchev–Trinajstić information content (AvgIpc) is 2.77. The summed E-state index contributed by atoms with van der Waals surface area (Å²) in [5.41, 5.74) is 1.91. The summed E-state index contributed by atoms with van der Waals surface area (Å²) in [7, 11) is 1.58. The number of hydrogen-bond acceptors (Lipinski definition) is 4. The Morgan fingerprint density at radius 3 is 2.35 bits per heavy atom. The van der Waals surface area contributed by atoms with Crippen LogP contribution in [0.1, 0.15) is 23.2 Å². The van der Waals surface area contributed by atoms with Crippen molar-refractivity contribution in [2.24, 2.45) is 0 Å². The van der Waals surface area contributed by atoms with Crippen LogP contribution >= 0.6 is 0 Å². The molecular weight excluding hydrogens is 398 g/mol. The van der Waals surface area contributed by atoms with Gasteiger partial charge in [-0.05, 0) is 23.3 Å². The number of aliphatic carboxylic acids is 1. The van der Waals surface area contributed by atoms with Crippen molar-refractivity contribution in [3.8, 4) is 11.1 Å². The van der Waals surface area contributed by atoms with E-state index in [9.17, 15) is 19.2 Å². The van der Waals surface area contributed by atoms with Crippen LogP contribution in [-0.2, 0) is 9.59 Å². The Bertz CT molecular complexity index is 1170. The maximum absolute atomic E-state index is 12.9. The molecule has 0 atom stereocenters. The number of benzene rings is 2. The number of rotatable bonds is 7. The third kappa shape index (κ3) is 5.45. The van der Waals surface area contributed by atoms with E-state index in [1.807, 2.05) is 48.5 Å². The van der Waals surface area contributed by atoms with Gasteiger partial charge in [0.05, 0.1) is 6.42 Å². The van der Waals surface area contributed by atoms with Crippen LogP contribution in [0.4, 0.5) is 11.5 Å². The first kappa shape index (κ1) is 21.5. The lowest BCUT2D eigenvalue weighted by molar-refractivity contribution is -0.138. The van der Waals surface area contributed by atoms with Gasteiger partial charge in [0.15, 0.2) is 5.43 Å². The van der Waals surface area contributed by atoms with Crippen molar-refractivity contribution in [3.63, 3.8) is 0 Å². The Kier molecular flexibility index (Phi) is 6.61. The second kappa shape index (κ2) is 9.53. The predicted molar refractivity (Wildman–Crippen MR) is 117 cm³/mol. The van der Waals surface area contributed by atoms with E-state index in [1.54, 1.807) is 13.1 Å². The first-order valence-electron chi connectivity index (χ1n) is 9.53. The van der Waals surface area contributed by atoms with Crippen molar-refractivity contribution in [2.45, 2.75) is 12.8 Å². The van der Waals surface area contributed by atoms with E-state index in [4.69, 9.17) is 5.11 Å². The van der Waals surface area contributed by atoms with Crippen LogP contribution < -0.4 is 15.6 Å². The number of carboxylic acids is 1. The molecule has 31 heavy (non-hydrogen) atoms. The summed E-state index contributed by atoms with van der Waals surface area (Å²) in [5.74, 6) is -2.06. The number of nitrogens with zero attached hydrogens (tertiary/aromatic N) is 1. The number of pyridine rings is 1. The highest BCUT2D eigenvalue weighted by molar-refractivity contribution is 6.06. The zero-order chi connectivity index (χ0) is 22.4. The Balaban J connectivity index is 1.76. The number of anilines is 2. The molecule has 0 spiro atoms. The van der Waals surface area contributed by atoms with Gasteiger partial charge in [-0.3, -0.25) is 19.2 Å². The fraction of sp³-hybridized carbons (Fsp3) is 0.130. The fourth-order valence-corrected chi connectivity index (χ4v) is 2.97. The molecule has 8 nitrogen and oxygen atoms in total. The van der Waals surface area contributed by atoms with Crippen molar-refractivity contribution in [2.75, 3.05) is 17.3 Å². The molecule has 1 heterocycles. The minimum Gasteiger partial charge on any atom is -0.481 e. The van der Waals surface area contributed by atoms with Crippen molar-refractivity contribution in [1.29, 1.82) is 0 Å². The van der Waals surface area contributed by atoms with Crippen LogP contribution in [0.3, 0.4) is 0 Å². The lowest BCUT2D eigenvalue weighted by atomic mass is 10.0. The first-order chi connectivity index (χ1) is 14.8. The third-order valence-corrected chi connectivity index (χ3v) is 4.63. The van der Waals surface area contributed by atoms with Gasteiger partial charge in [0.1, 0.15) is 11.4 Å². The van der Waals surface area contributed by atoms with Gasteiger partial charge in [0.2, 0.25) is 5.91 Å². The Morgan fingerprint density at radius 2 is 1.68 bits per heavy atom. The Labute approximate surface area is 178 Å². The maximum atomic E-state index is 12.9. The van der Waals surface area contributed by atoms with Crippen molar-refractivity contribution >= 4 is 29.3 Å². The van der Waals surface area contributed by atoms with Crippen LogP contribution in [0.2, 0.25) is 0 Å². The summed E-state index contributed by atoms with van der Waals surface area (Å²) in [6.07, 6.45) is 0.688. The number of carboxylic acid groups (broad SMARTS) is 1. The molecule has 2 aromatic carbocycles. The molecule has 2 amide bonds. The monoisotopic (exact) mass is 419 g/mol. The smallest absolute Gasteiger partial charge is 0.303 e. The van der Waals surface area contributed by atoms with Crippen LogP contribution in [0.15, 0.2) is 71.7 Å². The molecule has 0 aliphatic rings. The Morgan fingerprint density at radius 1 is 0.968 bits per heavy atom. The lowest BCUT2D eigenvalue weighted by Crippen LogP contribution is -2.31. The quantitative estimate of drug-likeness (QED) is 0.544. The van der Waals surface area contributed by atoms with Crippen molar-refractivity contribution in [3.05, 3.63) is 82.6 Å².